The number of nitro benzene ring substituents is 1. The van der Waals surface area contributed by atoms with Crippen molar-refractivity contribution in [3.63, 3.8) is 0 Å². The average Bonchev–Trinajstić information content (AvgIpc) is 2.69. The summed E-state index contributed by atoms with van der Waals surface area (Å²) in [6.45, 7) is 1.10. The van der Waals surface area contributed by atoms with Crippen LogP contribution >= 0.6 is 0 Å². The molecule has 0 saturated heterocycles. The second-order valence-electron chi connectivity index (χ2n) is 5.37. The SMILES string of the molecule is O=[N+]([O-])c1ccc(/C=C/c2ccc(OCCOCCOCCF)nc2)cc1. The zero-order chi connectivity index (χ0) is 19.3. The molecule has 0 unspecified atom stereocenters. The van der Waals surface area contributed by atoms with Crippen molar-refractivity contribution >= 4 is 17.8 Å². The van der Waals surface area contributed by atoms with Gasteiger partial charge in [-0.15, -0.1) is 0 Å². The Bertz CT molecular complexity index is 720. The molecule has 0 atom stereocenters. The van der Waals surface area contributed by atoms with Crippen LogP contribution in [0.4, 0.5) is 10.1 Å². The van der Waals surface area contributed by atoms with Crippen molar-refractivity contribution in [2.24, 2.45) is 0 Å². The highest BCUT2D eigenvalue weighted by molar-refractivity contribution is 5.69. The van der Waals surface area contributed by atoms with Gasteiger partial charge in [-0.1, -0.05) is 12.2 Å². The second-order valence-corrected chi connectivity index (χ2v) is 5.37. The number of pyridine rings is 1. The Kier molecular flexibility index (Phi) is 8.88. The number of alkyl halides is 1. The lowest BCUT2D eigenvalue weighted by atomic mass is 10.1. The van der Waals surface area contributed by atoms with E-state index in [-0.39, 0.29) is 12.3 Å². The molecule has 1 aromatic heterocycles. The number of nitro groups is 1. The Hall–Kier alpha value is -2.84. The van der Waals surface area contributed by atoms with E-state index in [1.54, 1.807) is 24.4 Å². The van der Waals surface area contributed by atoms with Gasteiger partial charge in [-0.25, -0.2) is 9.37 Å². The highest BCUT2D eigenvalue weighted by Gasteiger charge is 2.02. The fraction of sp³-hybridized carbons (Fsp3) is 0.316. The Labute approximate surface area is 156 Å². The minimum atomic E-state index is -0.492. The lowest BCUT2D eigenvalue weighted by molar-refractivity contribution is -0.384. The average molecular weight is 376 g/mol. The summed E-state index contributed by atoms with van der Waals surface area (Å²) in [6.07, 6.45) is 5.38. The fourth-order valence-corrected chi connectivity index (χ4v) is 2.06. The molecule has 7 nitrogen and oxygen atoms in total. The number of benzene rings is 1. The third-order valence-corrected chi connectivity index (χ3v) is 3.40. The molecule has 0 bridgehead atoms. The van der Waals surface area contributed by atoms with Crippen molar-refractivity contribution in [2.75, 3.05) is 39.7 Å². The molecule has 0 aliphatic heterocycles. The number of nitrogens with zero attached hydrogens (tertiary/aromatic N) is 2. The molecule has 0 radical (unpaired) electrons. The van der Waals surface area contributed by atoms with Crippen molar-refractivity contribution in [1.82, 2.24) is 4.98 Å². The van der Waals surface area contributed by atoms with Gasteiger partial charge in [0.15, 0.2) is 0 Å². The van der Waals surface area contributed by atoms with Crippen molar-refractivity contribution < 1.29 is 23.5 Å². The second kappa shape index (κ2) is 11.7. The zero-order valence-electron chi connectivity index (χ0n) is 14.8. The standard InChI is InChI=1S/C19H21FN2O5/c20-9-10-25-11-12-26-13-14-27-19-8-5-17(15-21-19)2-1-16-3-6-18(7-4-16)22(23)24/h1-8,15H,9-14H2/b2-1+. The van der Waals surface area contributed by atoms with Crippen LogP contribution in [0.3, 0.4) is 0 Å². The zero-order valence-corrected chi connectivity index (χ0v) is 14.8. The van der Waals surface area contributed by atoms with E-state index in [1.165, 1.54) is 12.1 Å². The Morgan fingerprint density at radius 1 is 0.926 bits per heavy atom. The number of hydrogen-bond acceptors (Lipinski definition) is 6. The third kappa shape index (κ3) is 7.93. The van der Waals surface area contributed by atoms with Crippen LogP contribution in [-0.2, 0) is 9.47 Å². The van der Waals surface area contributed by atoms with Crippen molar-refractivity contribution in [3.8, 4) is 5.88 Å². The molecular formula is C19H21FN2O5. The summed E-state index contributed by atoms with van der Waals surface area (Å²) in [5.41, 5.74) is 1.79. The number of ether oxygens (including phenoxy) is 3. The van der Waals surface area contributed by atoms with Crippen LogP contribution in [0, 0.1) is 10.1 Å². The van der Waals surface area contributed by atoms with Crippen molar-refractivity contribution in [1.29, 1.82) is 0 Å². The summed E-state index contributed by atoms with van der Waals surface area (Å²) in [6, 6.07) is 9.90. The number of non-ortho nitro benzene ring substituents is 1. The molecule has 0 spiro atoms. The quantitative estimate of drug-likeness (QED) is 0.320. The van der Waals surface area contributed by atoms with Crippen molar-refractivity contribution in [2.45, 2.75) is 0 Å². The maximum absolute atomic E-state index is 11.8. The highest BCUT2D eigenvalue weighted by Crippen LogP contribution is 2.15. The maximum Gasteiger partial charge on any atom is 0.269 e. The van der Waals surface area contributed by atoms with Gasteiger partial charge in [0.05, 0.1) is 31.4 Å². The molecule has 8 heteroatoms. The Balaban J connectivity index is 1.70. The summed E-state index contributed by atoms with van der Waals surface area (Å²) in [5, 5.41) is 10.6. The first-order chi connectivity index (χ1) is 13.2. The Morgan fingerprint density at radius 2 is 1.56 bits per heavy atom. The molecule has 1 aromatic carbocycles. The van der Waals surface area contributed by atoms with Crippen LogP contribution in [0.15, 0.2) is 42.6 Å². The predicted octanol–water partition coefficient (Wildman–Crippen LogP) is 3.54. The van der Waals surface area contributed by atoms with Crippen LogP contribution < -0.4 is 4.74 Å². The summed E-state index contributed by atoms with van der Waals surface area (Å²) in [7, 11) is 0. The van der Waals surface area contributed by atoms with Gasteiger partial charge < -0.3 is 14.2 Å². The van der Waals surface area contributed by atoms with Crippen LogP contribution in [0.25, 0.3) is 12.2 Å². The van der Waals surface area contributed by atoms with Gasteiger partial charge in [0, 0.05) is 24.4 Å². The molecule has 0 fully saturated rings. The fourth-order valence-electron chi connectivity index (χ4n) is 2.06. The Morgan fingerprint density at radius 3 is 2.19 bits per heavy atom. The number of hydrogen-bond donors (Lipinski definition) is 0. The third-order valence-electron chi connectivity index (χ3n) is 3.40. The molecule has 2 rings (SSSR count). The first-order valence-corrected chi connectivity index (χ1v) is 8.42. The number of rotatable bonds is 12. The van der Waals surface area contributed by atoms with E-state index in [4.69, 9.17) is 14.2 Å². The molecular weight excluding hydrogens is 355 g/mol. The molecule has 0 aliphatic carbocycles. The van der Waals surface area contributed by atoms with Crippen LogP contribution in [-0.4, -0.2) is 49.6 Å². The first kappa shape index (κ1) is 20.5. The van der Waals surface area contributed by atoms with Crippen LogP contribution in [0.2, 0.25) is 0 Å². The summed E-state index contributed by atoms with van der Waals surface area (Å²) in [4.78, 5) is 14.4. The molecule has 0 N–H and O–H groups in total. The molecule has 144 valence electrons. The molecule has 2 aromatic rings. The molecule has 0 amide bonds. The van der Waals surface area contributed by atoms with E-state index in [2.05, 4.69) is 4.98 Å². The summed E-state index contributed by atoms with van der Waals surface area (Å²) < 4.78 is 27.5. The minimum absolute atomic E-state index is 0.0617. The molecule has 27 heavy (non-hydrogen) atoms. The molecule has 0 saturated carbocycles. The minimum Gasteiger partial charge on any atom is -0.475 e. The van der Waals surface area contributed by atoms with Gasteiger partial charge in [-0.3, -0.25) is 10.1 Å². The van der Waals surface area contributed by atoms with Gasteiger partial charge in [0.25, 0.3) is 5.69 Å². The van der Waals surface area contributed by atoms with E-state index < -0.39 is 11.6 Å². The van der Waals surface area contributed by atoms with E-state index in [0.717, 1.165) is 11.1 Å². The smallest absolute Gasteiger partial charge is 0.269 e. The van der Waals surface area contributed by atoms with Gasteiger partial charge in [-0.2, -0.15) is 0 Å². The summed E-state index contributed by atoms with van der Waals surface area (Å²) >= 11 is 0. The van der Waals surface area contributed by atoms with Gasteiger partial charge >= 0.3 is 0 Å². The lowest BCUT2D eigenvalue weighted by Crippen LogP contribution is -2.11. The molecule has 0 aliphatic rings. The van der Waals surface area contributed by atoms with Crippen LogP contribution in [0.1, 0.15) is 11.1 Å². The van der Waals surface area contributed by atoms with E-state index in [9.17, 15) is 14.5 Å². The predicted molar refractivity (Wildman–Crippen MR) is 99.4 cm³/mol. The number of halogens is 1. The topological polar surface area (TPSA) is 83.7 Å². The van der Waals surface area contributed by atoms with Crippen molar-refractivity contribution in [3.05, 3.63) is 63.8 Å². The number of aromatic nitrogens is 1. The van der Waals surface area contributed by atoms with E-state index in [1.807, 2.05) is 18.2 Å². The largest absolute Gasteiger partial charge is 0.475 e. The van der Waals surface area contributed by atoms with Gasteiger partial charge in [0.1, 0.15) is 13.3 Å². The summed E-state index contributed by atoms with van der Waals surface area (Å²) in [5.74, 6) is 0.486. The first-order valence-electron chi connectivity index (χ1n) is 8.42. The van der Waals surface area contributed by atoms with Crippen LogP contribution in [0.5, 0.6) is 5.88 Å². The molecule has 1 heterocycles. The lowest BCUT2D eigenvalue weighted by Gasteiger charge is -2.06. The maximum atomic E-state index is 11.8. The normalized spacial score (nSPS) is 11.0. The van der Waals surface area contributed by atoms with Gasteiger partial charge in [0.2, 0.25) is 5.88 Å². The highest BCUT2D eigenvalue weighted by atomic mass is 19.1. The van der Waals surface area contributed by atoms with E-state index in [0.29, 0.717) is 32.3 Å². The van der Waals surface area contributed by atoms with E-state index >= 15 is 0 Å². The monoisotopic (exact) mass is 376 g/mol. The van der Waals surface area contributed by atoms with Gasteiger partial charge in [-0.05, 0) is 29.3 Å².